The predicted octanol–water partition coefficient (Wildman–Crippen LogP) is 0.681. The van der Waals surface area contributed by atoms with Crippen LogP contribution in [-0.2, 0) is 0 Å². The van der Waals surface area contributed by atoms with E-state index in [0.717, 1.165) is 5.82 Å². The molecule has 0 radical (unpaired) electrons. The summed E-state index contributed by atoms with van der Waals surface area (Å²) in [6.07, 6.45) is 2.08. The average Bonchev–Trinajstić information content (AvgIpc) is 2.27. The fourth-order valence-electron chi connectivity index (χ4n) is 1.39. The SMILES string of the molecule is CC(CC(N)=S)N(C)c1ccc(C(N)=O)cn1. The van der Waals surface area contributed by atoms with Gasteiger partial charge in [-0.1, -0.05) is 12.2 Å². The largest absolute Gasteiger partial charge is 0.393 e. The summed E-state index contributed by atoms with van der Waals surface area (Å²) in [4.78, 5) is 17.5. The minimum absolute atomic E-state index is 0.152. The Morgan fingerprint density at radius 2 is 2.18 bits per heavy atom. The van der Waals surface area contributed by atoms with Crippen molar-refractivity contribution in [3.63, 3.8) is 0 Å². The number of carbonyl (C=O) groups is 1. The standard InChI is InChI=1S/C11H16N4OS/c1-7(5-9(12)17)15(2)10-4-3-8(6-14-10)11(13)16/h3-4,6-7H,5H2,1-2H3,(H2,12,17)(H2,13,16). The van der Waals surface area contributed by atoms with Gasteiger partial charge in [0.05, 0.1) is 10.6 Å². The van der Waals surface area contributed by atoms with E-state index in [4.69, 9.17) is 23.7 Å². The topological polar surface area (TPSA) is 85.2 Å². The van der Waals surface area contributed by atoms with Crippen LogP contribution < -0.4 is 16.4 Å². The molecule has 1 atom stereocenters. The minimum atomic E-state index is -0.483. The molecule has 1 heterocycles. The number of rotatable bonds is 5. The lowest BCUT2D eigenvalue weighted by Crippen LogP contribution is -2.33. The zero-order chi connectivity index (χ0) is 13.0. The van der Waals surface area contributed by atoms with Crippen molar-refractivity contribution in [2.75, 3.05) is 11.9 Å². The summed E-state index contributed by atoms with van der Waals surface area (Å²) < 4.78 is 0. The summed E-state index contributed by atoms with van der Waals surface area (Å²) in [6, 6.07) is 3.55. The summed E-state index contributed by atoms with van der Waals surface area (Å²) in [7, 11) is 1.90. The van der Waals surface area contributed by atoms with Gasteiger partial charge in [0, 0.05) is 25.7 Å². The van der Waals surface area contributed by atoms with E-state index >= 15 is 0 Å². The van der Waals surface area contributed by atoms with Crippen molar-refractivity contribution in [3.05, 3.63) is 23.9 Å². The first-order valence-electron chi connectivity index (χ1n) is 5.18. The molecule has 1 rings (SSSR count). The van der Waals surface area contributed by atoms with E-state index in [1.165, 1.54) is 6.20 Å². The third kappa shape index (κ3) is 3.67. The van der Waals surface area contributed by atoms with E-state index < -0.39 is 5.91 Å². The highest BCUT2D eigenvalue weighted by Gasteiger charge is 2.12. The van der Waals surface area contributed by atoms with Crippen LogP contribution in [0.1, 0.15) is 23.7 Å². The second kappa shape index (κ2) is 5.58. The lowest BCUT2D eigenvalue weighted by Gasteiger charge is -2.25. The predicted molar refractivity (Wildman–Crippen MR) is 72.0 cm³/mol. The number of amides is 1. The first-order valence-corrected chi connectivity index (χ1v) is 5.59. The van der Waals surface area contributed by atoms with Crippen molar-refractivity contribution in [1.82, 2.24) is 4.98 Å². The zero-order valence-corrected chi connectivity index (χ0v) is 10.7. The molecule has 0 aromatic carbocycles. The Bertz CT molecular complexity index is 418. The number of nitrogens with zero attached hydrogens (tertiary/aromatic N) is 2. The van der Waals surface area contributed by atoms with E-state index in [1.54, 1.807) is 12.1 Å². The van der Waals surface area contributed by atoms with Crippen molar-refractivity contribution < 1.29 is 4.79 Å². The molecule has 0 aliphatic carbocycles. The molecular weight excluding hydrogens is 236 g/mol. The summed E-state index contributed by atoms with van der Waals surface area (Å²) in [5.74, 6) is 0.265. The number of carbonyl (C=O) groups excluding carboxylic acids is 1. The van der Waals surface area contributed by atoms with Gasteiger partial charge in [0.25, 0.3) is 0 Å². The lowest BCUT2D eigenvalue weighted by atomic mass is 10.2. The van der Waals surface area contributed by atoms with E-state index in [2.05, 4.69) is 4.98 Å². The Kier molecular flexibility index (Phi) is 4.39. The molecule has 0 aliphatic heterocycles. The smallest absolute Gasteiger partial charge is 0.250 e. The molecule has 1 unspecified atom stereocenters. The van der Waals surface area contributed by atoms with Crippen LogP contribution in [-0.4, -0.2) is 29.0 Å². The van der Waals surface area contributed by atoms with Crippen LogP contribution in [0, 0.1) is 0 Å². The van der Waals surface area contributed by atoms with Gasteiger partial charge in [0.15, 0.2) is 0 Å². The van der Waals surface area contributed by atoms with Gasteiger partial charge in [-0.3, -0.25) is 4.79 Å². The zero-order valence-electron chi connectivity index (χ0n) is 9.88. The molecule has 0 saturated heterocycles. The second-order valence-electron chi connectivity index (χ2n) is 3.90. The fraction of sp³-hybridized carbons (Fsp3) is 0.364. The lowest BCUT2D eigenvalue weighted by molar-refractivity contribution is 0.1000. The number of primary amides is 1. The first kappa shape index (κ1) is 13.4. The average molecular weight is 252 g/mol. The van der Waals surface area contributed by atoms with Crippen LogP contribution in [0.3, 0.4) is 0 Å². The van der Waals surface area contributed by atoms with E-state index in [-0.39, 0.29) is 6.04 Å². The van der Waals surface area contributed by atoms with Crippen LogP contribution in [0.2, 0.25) is 0 Å². The molecule has 4 N–H and O–H groups in total. The summed E-state index contributed by atoms with van der Waals surface area (Å²) >= 11 is 4.87. The Morgan fingerprint density at radius 3 is 2.59 bits per heavy atom. The van der Waals surface area contributed by atoms with E-state index in [1.807, 2.05) is 18.9 Å². The summed E-state index contributed by atoms with van der Waals surface area (Å²) in [5.41, 5.74) is 11.0. The molecule has 0 fully saturated rings. The molecule has 0 spiro atoms. The normalized spacial score (nSPS) is 11.9. The molecule has 0 bridgehead atoms. The molecule has 92 valence electrons. The number of aromatic nitrogens is 1. The second-order valence-corrected chi connectivity index (χ2v) is 4.42. The molecular formula is C11H16N4OS. The third-order valence-electron chi connectivity index (χ3n) is 2.55. The molecule has 1 aromatic rings. The highest BCUT2D eigenvalue weighted by atomic mass is 32.1. The molecule has 0 saturated carbocycles. The number of nitrogens with two attached hydrogens (primary N) is 2. The maximum atomic E-state index is 10.9. The van der Waals surface area contributed by atoms with E-state index in [9.17, 15) is 4.79 Å². The fourth-order valence-corrected chi connectivity index (χ4v) is 1.64. The van der Waals surface area contributed by atoms with Gasteiger partial charge in [0.2, 0.25) is 5.91 Å². The van der Waals surface area contributed by atoms with Gasteiger partial charge in [-0.15, -0.1) is 0 Å². The monoisotopic (exact) mass is 252 g/mol. The Balaban J connectivity index is 2.78. The van der Waals surface area contributed by atoms with Gasteiger partial charge in [0.1, 0.15) is 5.82 Å². The number of anilines is 1. The number of hydrogen-bond acceptors (Lipinski definition) is 4. The summed E-state index contributed by atoms with van der Waals surface area (Å²) in [6.45, 7) is 2.00. The Hall–Kier alpha value is -1.69. The van der Waals surface area contributed by atoms with Crippen molar-refractivity contribution in [1.29, 1.82) is 0 Å². The highest BCUT2D eigenvalue weighted by Crippen LogP contribution is 2.14. The van der Waals surface area contributed by atoms with Crippen molar-refractivity contribution >= 4 is 28.9 Å². The van der Waals surface area contributed by atoms with Crippen LogP contribution in [0.25, 0.3) is 0 Å². The maximum absolute atomic E-state index is 10.9. The quantitative estimate of drug-likeness (QED) is 0.753. The molecule has 1 aromatic heterocycles. The van der Waals surface area contributed by atoms with Crippen LogP contribution in [0.4, 0.5) is 5.82 Å². The Morgan fingerprint density at radius 1 is 1.53 bits per heavy atom. The van der Waals surface area contributed by atoms with E-state index in [0.29, 0.717) is 17.0 Å². The first-order chi connectivity index (χ1) is 7.91. The molecule has 17 heavy (non-hydrogen) atoms. The van der Waals surface area contributed by atoms with Crippen molar-refractivity contribution in [2.24, 2.45) is 11.5 Å². The van der Waals surface area contributed by atoms with Gasteiger partial charge in [-0.2, -0.15) is 0 Å². The van der Waals surface area contributed by atoms with Crippen molar-refractivity contribution in [3.8, 4) is 0 Å². The van der Waals surface area contributed by atoms with Crippen molar-refractivity contribution in [2.45, 2.75) is 19.4 Å². The van der Waals surface area contributed by atoms with Crippen LogP contribution in [0.5, 0.6) is 0 Å². The number of thiocarbonyl (C=S) groups is 1. The van der Waals surface area contributed by atoms with Gasteiger partial charge in [-0.05, 0) is 19.1 Å². The third-order valence-corrected chi connectivity index (χ3v) is 2.72. The molecule has 0 aliphatic rings. The molecule has 1 amide bonds. The number of hydrogen-bond donors (Lipinski definition) is 2. The Labute approximate surface area is 106 Å². The van der Waals surface area contributed by atoms with Gasteiger partial charge >= 0.3 is 0 Å². The van der Waals surface area contributed by atoms with Crippen LogP contribution in [0.15, 0.2) is 18.3 Å². The van der Waals surface area contributed by atoms with Gasteiger partial charge < -0.3 is 16.4 Å². The van der Waals surface area contributed by atoms with Crippen LogP contribution >= 0.6 is 12.2 Å². The highest BCUT2D eigenvalue weighted by molar-refractivity contribution is 7.80. The maximum Gasteiger partial charge on any atom is 0.250 e. The number of pyridine rings is 1. The molecule has 6 heteroatoms. The van der Waals surface area contributed by atoms with Gasteiger partial charge in [-0.25, -0.2) is 4.98 Å². The minimum Gasteiger partial charge on any atom is -0.393 e. The summed E-state index contributed by atoms with van der Waals surface area (Å²) in [5, 5.41) is 0. The molecule has 5 nitrogen and oxygen atoms in total.